The summed E-state index contributed by atoms with van der Waals surface area (Å²) in [5, 5.41) is 6.81. The summed E-state index contributed by atoms with van der Waals surface area (Å²) in [4.78, 5) is 21.4. The van der Waals surface area contributed by atoms with Gasteiger partial charge in [0, 0.05) is 43.6 Å². The van der Waals surface area contributed by atoms with Crippen molar-refractivity contribution in [2.45, 2.75) is 39.2 Å². The number of fused-ring (bicyclic) bond motifs is 1. The van der Waals surface area contributed by atoms with Crippen LogP contribution in [0.25, 0.3) is 17.0 Å². The summed E-state index contributed by atoms with van der Waals surface area (Å²) in [6, 6.07) is 6.19. The van der Waals surface area contributed by atoms with E-state index in [1.165, 1.54) is 7.62 Å². The molecule has 0 aliphatic heterocycles. The van der Waals surface area contributed by atoms with Crippen LogP contribution < -0.4 is 10.5 Å². The zero-order chi connectivity index (χ0) is 24.2. The molecule has 0 saturated carbocycles. The number of hydrogen-bond acceptors (Lipinski definition) is 6. The van der Waals surface area contributed by atoms with Gasteiger partial charge in [0.1, 0.15) is 0 Å². The van der Waals surface area contributed by atoms with Gasteiger partial charge in [-0.1, -0.05) is 42.8 Å². The summed E-state index contributed by atoms with van der Waals surface area (Å²) >= 11 is 12.7. The van der Waals surface area contributed by atoms with E-state index in [1.807, 2.05) is 13.0 Å². The molecule has 33 heavy (non-hydrogen) atoms. The van der Waals surface area contributed by atoms with Gasteiger partial charge in [0.05, 0.1) is 23.5 Å². The van der Waals surface area contributed by atoms with Crippen LogP contribution in [0.5, 0.6) is 0 Å². The number of ether oxygens (including phenoxy) is 1. The lowest BCUT2D eigenvalue weighted by Gasteiger charge is -2.16. The van der Waals surface area contributed by atoms with E-state index in [1.54, 1.807) is 29.8 Å². The molecule has 1 aromatic carbocycles. The molecular weight excluding hydrogens is 480 g/mol. The fraction of sp³-hybridized carbons (Fsp3) is 0.381. The normalized spacial score (nSPS) is 11.6. The number of aromatic nitrogens is 3. The molecule has 0 aliphatic carbocycles. The fourth-order valence-corrected chi connectivity index (χ4v) is 4.42. The standard InChI is InChI=1S/C21H27BCl2N5O3Si/c1-13-16(11-25-22-31-2)19(15-7-6-14(23)10-17(15)24)29-12-18(27-20(29)26-13)28-21(30)32-8-9-33(3,4)5/h6-7,10,12,25H,8-9,11H2,1-5H3,(H,28,30). The molecule has 0 saturated heterocycles. The number of rotatable bonds is 9. The Morgan fingerprint density at radius 3 is 2.67 bits per heavy atom. The second-order valence-corrected chi connectivity index (χ2v) is 15.2. The Kier molecular flexibility index (Phi) is 8.41. The molecule has 0 atom stereocenters. The number of anilines is 1. The number of nitrogens with one attached hydrogen (secondary N) is 2. The second kappa shape index (κ2) is 10.9. The van der Waals surface area contributed by atoms with Crippen LogP contribution in [-0.4, -0.2) is 49.9 Å². The molecule has 12 heteroatoms. The van der Waals surface area contributed by atoms with Crippen LogP contribution in [0.2, 0.25) is 35.7 Å². The number of benzene rings is 1. The van der Waals surface area contributed by atoms with E-state index in [0.717, 1.165) is 28.6 Å². The Bertz CT molecular complexity index is 1150. The second-order valence-electron chi connectivity index (χ2n) is 8.75. The van der Waals surface area contributed by atoms with Crippen LogP contribution in [0.15, 0.2) is 24.4 Å². The van der Waals surface area contributed by atoms with Gasteiger partial charge in [0.2, 0.25) is 5.78 Å². The third-order valence-electron chi connectivity index (χ3n) is 4.90. The third kappa shape index (κ3) is 6.70. The van der Waals surface area contributed by atoms with E-state index in [0.29, 0.717) is 34.8 Å². The molecule has 1 amide bonds. The van der Waals surface area contributed by atoms with Crippen molar-refractivity contribution in [3.05, 3.63) is 45.7 Å². The smallest absolute Gasteiger partial charge is 0.412 e. The SMILES string of the molecule is CO[B]NCc1c(C)nc2nc(NC(=O)OCC[Si](C)(C)C)cn2c1-c1ccc(Cl)cc1Cl. The van der Waals surface area contributed by atoms with E-state index < -0.39 is 14.2 Å². The minimum Gasteiger partial charge on any atom is -0.450 e. The summed E-state index contributed by atoms with van der Waals surface area (Å²) in [5.74, 6) is 0.755. The quantitative estimate of drug-likeness (QED) is 0.307. The lowest BCUT2D eigenvalue weighted by atomic mass is 10.0. The summed E-state index contributed by atoms with van der Waals surface area (Å²) in [7, 11) is 1.76. The van der Waals surface area contributed by atoms with Crippen molar-refractivity contribution in [3.8, 4) is 11.3 Å². The lowest BCUT2D eigenvalue weighted by molar-refractivity contribution is 0.167. The van der Waals surface area contributed by atoms with Crippen molar-refractivity contribution >= 4 is 56.6 Å². The highest BCUT2D eigenvalue weighted by Gasteiger charge is 2.20. The molecule has 0 spiro atoms. The minimum absolute atomic E-state index is 0.333. The predicted octanol–water partition coefficient (Wildman–Crippen LogP) is 5.17. The highest BCUT2D eigenvalue weighted by atomic mass is 35.5. The first-order valence-corrected chi connectivity index (χ1v) is 14.9. The topological polar surface area (TPSA) is 89.8 Å². The van der Waals surface area contributed by atoms with Gasteiger partial charge in [-0.15, -0.1) is 0 Å². The molecule has 2 aromatic heterocycles. The molecule has 2 N–H and O–H groups in total. The maximum absolute atomic E-state index is 12.3. The molecule has 175 valence electrons. The largest absolute Gasteiger partial charge is 0.450 e. The number of imidazole rings is 1. The average molecular weight is 507 g/mol. The van der Waals surface area contributed by atoms with E-state index in [4.69, 9.17) is 32.6 Å². The summed E-state index contributed by atoms with van der Waals surface area (Å²) < 4.78 is 12.1. The highest BCUT2D eigenvalue weighted by Crippen LogP contribution is 2.34. The first kappa shape index (κ1) is 25.5. The highest BCUT2D eigenvalue weighted by molar-refractivity contribution is 6.76. The van der Waals surface area contributed by atoms with Crippen molar-refractivity contribution < 1.29 is 14.2 Å². The van der Waals surface area contributed by atoms with Gasteiger partial charge in [0.15, 0.2) is 5.82 Å². The third-order valence-corrected chi connectivity index (χ3v) is 7.15. The maximum Gasteiger partial charge on any atom is 0.412 e. The van der Waals surface area contributed by atoms with Gasteiger partial charge >= 0.3 is 13.7 Å². The molecule has 3 rings (SSSR count). The summed E-state index contributed by atoms with van der Waals surface area (Å²) in [6.45, 7) is 9.39. The Labute approximate surface area is 205 Å². The van der Waals surface area contributed by atoms with Crippen LogP contribution in [0.1, 0.15) is 11.3 Å². The number of carbonyl (C=O) groups excluding carboxylic acids is 1. The summed E-state index contributed by atoms with van der Waals surface area (Å²) in [6.07, 6.45) is 1.15. The van der Waals surface area contributed by atoms with Gasteiger partial charge in [-0.3, -0.25) is 9.72 Å². The molecule has 0 unspecified atom stereocenters. The number of amides is 1. The average Bonchev–Trinajstić information content (AvgIpc) is 3.09. The van der Waals surface area contributed by atoms with Crippen molar-refractivity contribution in [3.63, 3.8) is 0 Å². The molecule has 0 fully saturated rings. The van der Waals surface area contributed by atoms with Gasteiger partial charge in [0.25, 0.3) is 0 Å². The van der Waals surface area contributed by atoms with Crippen LogP contribution in [0.3, 0.4) is 0 Å². The van der Waals surface area contributed by atoms with Gasteiger partial charge < -0.3 is 14.6 Å². The number of hydrogen-bond donors (Lipinski definition) is 2. The van der Waals surface area contributed by atoms with Crippen molar-refractivity contribution in [1.82, 2.24) is 19.6 Å². The van der Waals surface area contributed by atoms with Crippen LogP contribution in [0.4, 0.5) is 10.6 Å². The van der Waals surface area contributed by atoms with E-state index in [-0.39, 0.29) is 0 Å². The Hall–Kier alpha value is -2.11. The monoisotopic (exact) mass is 506 g/mol. The maximum atomic E-state index is 12.3. The zero-order valence-corrected chi connectivity index (χ0v) is 21.8. The molecule has 0 aliphatic rings. The van der Waals surface area contributed by atoms with E-state index >= 15 is 0 Å². The number of halogens is 2. The van der Waals surface area contributed by atoms with E-state index in [2.05, 4.69) is 40.2 Å². The van der Waals surface area contributed by atoms with Gasteiger partial charge in [-0.05, 0) is 31.2 Å². The van der Waals surface area contributed by atoms with Crippen molar-refractivity contribution in [2.24, 2.45) is 0 Å². The lowest BCUT2D eigenvalue weighted by Crippen LogP contribution is -2.24. The van der Waals surface area contributed by atoms with Crippen LogP contribution in [0, 0.1) is 6.92 Å². The molecule has 0 bridgehead atoms. The molecule has 3 aromatic rings. The van der Waals surface area contributed by atoms with Crippen LogP contribution >= 0.6 is 23.2 Å². The number of carbonyl (C=O) groups is 1. The Morgan fingerprint density at radius 2 is 2.00 bits per heavy atom. The van der Waals surface area contributed by atoms with Gasteiger partial charge in [-0.2, -0.15) is 4.98 Å². The first-order valence-electron chi connectivity index (χ1n) is 10.4. The van der Waals surface area contributed by atoms with E-state index in [9.17, 15) is 4.79 Å². The first-order chi connectivity index (χ1) is 15.6. The zero-order valence-electron chi connectivity index (χ0n) is 19.3. The molecule has 1 radical (unpaired) electrons. The Morgan fingerprint density at radius 1 is 1.24 bits per heavy atom. The summed E-state index contributed by atoms with van der Waals surface area (Å²) in [5.41, 5.74) is 3.19. The fourth-order valence-electron chi connectivity index (χ4n) is 3.21. The van der Waals surface area contributed by atoms with Gasteiger partial charge in [-0.25, -0.2) is 9.78 Å². The molecule has 8 nitrogen and oxygen atoms in total. The molecule has 2 heterocycles. The molecular formula is C21H27BCl2N5O3Si. The number of nitrogens with zero attached hydrogens (tertiary/aromatic N) is 3. The van der Waals surface area contributed by atoms with Crippen molar-refractivity contribution in [2.75, 3.05) is 19.0 Å². The number of aryl methyl sites for hydroxylation is 1. The minimum atomic E-state index is -1.30. The van der Waals surface area contributed by atoms with Crippen LogP contribution in [-0.2, 0) is 15.9 Å². The Balaban J connectivity index is 1.98. The predicted molar refractivity (Wildman–Crippen MR) is 136 cm³/mol. The van der Waals surface area contributed by atoms with Crippen molar-refractivity contribution in [1.29, 1.82) is 0 Å².